The van der Waals surface area contributed by atoms with Crippen LogP contribution < -0.4 is 4.90 Å². The summed E-state index contributed by atoms with van der Waals surface area (Å²) in [6, 6.07) is 20.2. The van der Waals surface area contributed by atoms with Crippen LogP contribution in [0.3, 0.4) is 0 Å². The highest BCUT2D eigenvalue weighted by Crippen LogP contribution is 2.38. The van der Waals surface area contributed by atoms with Gasteiger partial charge < -0.3 is 4.90 Å². The average molecular weight is 458 g/mol. The first kappa shape index (κ1) is 21.6. The molecule has 6 heteroatoms. The van der Waals surface area contributed by atoms with E-state index in [1.807, 2.05) is 55.6 Å². The van der Waals surface area contributed by atoms with Gasteiger partial charge in [0.2, 0.25) is 0 Å². The van der Waals surface area contributed by atoms with Gasteiger partial charge in [0, 0.05) is 37.6 Å². The number of carbonyl (C=O) groups is 2. The van der Waals surface area contributed by atoms with Crippen LogP contribution in [0.2, 0.25) is 0 Å². The second kappa shape index (κ2) is 8.96. The first-order valence-electron chi connectivity index (χ1n) is 11.3. The second-order valence-corrected chi connectivity index (χ2v) is 9.63. The van der Waals surface area contributed by atoms with Gasteiger partial charge in [-0.15, -0.1) is 11.3 Å². The molecule has 1 aromatic heterocycles. The van der Waals surface area contributed by atoms with Crippen molar-refractivity contribution in [2.24, 2.45) is 0 Å². The Hall–Kier alpha value is -3.22. The van der Waals surface area contributed by atoms with Crippen LogP contribution in [0.15, 0.2) is 71.7 Å². The van der Waals surface area contributed by atoms with Gasteiger partial charge in [-0.25, -0.2) is 4.90 Å². The van der Waals surface area contributed by atoms with Crippen LogP contribution in [-0.2, 0) is 16.1 Å². The summed E-state index contributed by atoms with van der Waals surface area (Å²) in [6.45, 7) is 7.96. The number of thiophene rings is 1. The Balaban J connectivity index is 1.44. The highest BCUT2D eigenvalue weighted by Gasteiger charge is 2.43. The van der Waals surface area contributed by atoms with Crippen LogP contribution in [0.4, 0.5) is 5.69 Å². The molecule has 0 saturated carbocycles. The molecule has 0 unspecified atom stereocenters. The minimum Gasteiger partial charge on any atom is -0.364 e. The maximum atomic E-state index is 13.8. The molecule has 0 N–H and O–H groups in total. The lowest BCUT2D eigenvalue weighted by Crippen LogP contribution is -2.47. The van der Waals surface area contributed by atoms with E-state index >= 15 is 0 Å². The van der Waals surface area contributed by atoms with Gasteiger partial charge in [0.25, 0.3) is 11.8 Å². The molecule has 5 nitrogen and oxygen atoms in total. The summed E-state index contributed by atoms with van der Waals surface area (Å²) >= 11 is 1.51. The first-order valence-corrected chi connectivity index (χ1v) is 12.2. The zero-order valence-electron chi connectivity index (χ0n) is 19.0. The molecule has 5 rings (SSSR count). The van der Waals surface area contributed by atoms with Crippen molar-refractivity contribution in [3.05, 3.63) is 93.3 Å². The van der Waals surface area contributed by atoms with Crippen molar-refractivity contribution < 1.29 is 9.59 Å². The predicted molar refractivity (Wildman–Crippen MR) is 133 cm³/mol. The van der Waals surface area contributed by atoms with E-state index < -0.39 is 0 Å². The number of carbonyl (C=O) groups excluding carboxylic acids is 2. The van der Waals surface area contributed by atoms with Gasteiger partial charge in [0.05, 0.1) is 11.3 Å². The van der Waals surface area contributed by atoms with E-state index in [2.05, 4.69) is 34.1 Å². The van der Waals surface area contributed by atoms with E-state index in [1.54, 1.807) is 0 Å². The van der Waals surface area contributed by atoms with Crippen molar-refractivity contribution >= 4 is 34.4 Å². The number of aryl methyl sites for hydroxylation is 2. The number of nitrogens with zero attached hydrogens (tertiary/aromatic N) is 3. The van der Waals surface area contributed by atoms with Gasteiger partial charge >= 0.3 is 0 Å². The van der Waals surface area contributed by atoms with Crippen molar-refractivity contribution in [2.75, 3.05) is 31.1 Å². The molecule has 1 saturated heterocycles. The summed E-state index contributed by atoms with van der Waals surface area (Å²) in [6.07, 6.45) is 0. The highest BCUT2D eigenvalue weighted by atomic mass is 32.1. The summed E-state index contributed by atoms with van der Waals surface area (Å²) in [5.41, 5.74) is 4.99. The number of hydrogen-bond donors (Lipinski definition) is 0. The largest absolute Gasteiger partial charge is 0.364 e. The van der Waals surface area contributed by atoms with Crippen molar-refractivity contribution in [1.82, 2.24) is 9.80 Å². The Kier molecular flexibility index (Phi) is 5.87. The van der Waals surface area contributed by atoms with E-state index in [0.717, 1.165) is 48.7 Å². The molecule has 2 aromatic carbocycles. The number of imide groups is 1. The van der Waals surface area contributed by atoms with Crippen LogP contribution in [-0.4, -0.2) is 47.8 Å². The zero-order valence-corrected chi connectivity index (χ0v) is 19.8. The highest BCUT2D eigenvalue weighted by molar-refractivity contribution is 7.11. The second-order valence-electron chi connectivity index (χ2n) is 8.69. The molecule has 2 amide bonds. The molecule has 3 heterocycles. The molecular weight excluding hydrogens is 430 g/mol. The van der Waals surface area contributed by atoms with Gasteiger partial charge in [0.1, 0.15) is 5.70 Å². The molecule has 2 aliphatic rings. The Labute approximate surface area is 198 Å². The van der Waals surface area contributed by atoms with E-state index in [0.29, 0.717) is 17.0 Å². The standard InChI is InChI=1S/C27H27N3O2S/c1-19-10-11-20(2)22(17-19)30-26(31)24(23-9-6-16-33-23)25(27(30)32)29-14-12-28(13-15-29)18-21-7-4-3-5-8-21/h3-11,16-17H,12-15,18H2,1-2H3. The van der Waals surface area contributed by atoms with Crippen molar-refractivity contribution in [3.63, 3.8) is 0 Å². The molecule has 0 radical (unpaired) electrons. The molecular formula is C27H27N3O2S. The summed E-state index contributed by atoms with van der Waals surface area (Å²) in [5, 5.41) is 1.95. The van der Waals surface area contributed by atoms with Crippen molar-refractivity contribution in [2.45, 2.75) is 20.4 Å². The van der Waals surface area contributed by atoms with Crippen LogP contribution in [0, 0.1) is 13.8 Å². The van der Waals surface area contributed by atoms with E-state index in [-0.39, 0.29) is 11.8 Å². The molecule has 0 bridgehead atoms. The summed E-state index contributed by atoms with van der Waals surface area (Å²) in [4.78, 5) is 34.2. The van der Waals surface area contributed by atoms with E-state index in [4.69, 9.17) is 0 Å². The van der Waals surface area contributed by atoms with E-state index in [9.17, 15) is 9.59 Å². The molecule has 0 aliphatic carbocycles. The summed E-state index contributed by atoms with van der Waals surface area (Å²) in [5.74, 6) is -0.438. The predicted octanol–water partition coefficient (Wildman–Crippen LogP) is 4.47. The molecule has 3 aromatic rings. The minimum absolute atomic E-state index is 0.214. The minimum atomic E-state index is -0.224. The molecule has 0 atom stereocenters. The fourth-order valence-electron chi connectivity index (χ4n) is 4.60. The first-order chi connectivity index (χ1) is 16.0. The smallest absolute Gasteiger partial charge is 0.282 e. The van der Waals surface area contributed by atoms with E-state index in [1.165, 1.54) is 21.8 Å². The summed E-state index contributed by atoms with van der Waals surface area (Å²) in [7, 11) is 0. The average Bonchev–Trinajstić information content (AvgIpc) is 3.43. The molecule has 1 fully saturated rings. The summed E-state index contributed by atoms with van der Waals surface area (Å²) < 4.78 is 0. The van der Waals surface area contributed by atoms with Gasteiger partial charge in [-0.1, -0.05) is 48.5 Å². The molecule has 168 valence electrons. The molecule has 2 aliphatic heterocycles. The molecule has 0 spiro atoms. The maximum absolute atomic E-state index is 13.8. The fraction of sp³-hybridized carbons (Fsp3) is 0.259. The number of hydrogen-bond acceptors (Lipinski definition) is 5. The third-order valence-corrected chi connectivity index (χ3v) is 7.26. The third-order valence-electron chi connectivity index (χ3n) is 6.37. The Morgan fingerprint density at radius 2 is 1.61 bits per heavy atom. The Morgan fingerprint density at radius 1 is 0.848 bits per heavy atom. The van der Waals surface area contributed by atoms with Gasteiger partial charge in [-0.3, -0.25) is 14.5 Å². The Morgan fingerprint density at radius 3 is 2.30 bits per heavy atom. The monoisotopic (exact) mass is 457 g/mol. The fourth-order valence-corrected chi connectivity index (χ4v) is 5.37. The van der Waals surface area contributed by atoms with Crippen LogP contribution in [0.1, 0.15) is 21.6 Å². The third kappa shape index (κ3) is 4.12. The SMILES string of the molecule is Cc1ccc(C)c(N2C(=O)C(c3cccs3)=C(N3CCN(Cc4ccccc4)CC3)C2=O)c1. The number of rotatable bonds is 5. The van der Waals surface area contributed by atoms with Crippen LogP contribution >= 0.6 is 11.3 Å². The van der Waals surface area contributed by atoms with Gasteiger partial charge in [0.15, 0.2) is 0 Å². The van der Waals surface area contributed by atoms with Crippen LogP contribution in [0.5, 0.6) is 0 Å². The number of amides is 2. The Bertz CT molecular complexity index is 1210. The lowest BCUT2D eigenvalue weighted by atomic mass is 10.1. The number of benzene rings is 2. The van der Waals surface area contributed by atoms with Gasteiger partial charge in [-0.05, 0) is 48.1 Å². The normalized spacial score (nSPS) is 17.4. The zero-order chi connectivity index (χ0) is 22.9. The lowest BCUT2D eigenvalue weighted by molar-refractivity contribution is -0.120. The van der Waals surface area contributed by atoms with Gasteiger partial charge in [-0.2, -0.15) is 0 Å². The topological polar surface area (TPSA) is 43.9 Å². The van der Waals surface area contributed by atoms with Crippen molar-refractivity contribution in [1.29, 1.82) is 0 Å². The lowest BCUT2D eigenvalue weighted by Gasteiger charge is -2.36. The maximum Gasteiger partial charge on any atom is 0.282 e. The number of anilines is 1. The number of piperazine rings is 1. The van der Waals surface area contributed by atoms with Crippen LogP contribution in [0.25, 0.3) is 5.57 Å². The quantitative estimate of drug-likeness (QED) is 0.531. The van der Waals surface area contributed by atoms with Crippen molar-refractivity contribution in [3.8, 4) is 0 Å². The molecule has 33 heavy (non-hydrogen) atoms.